The minimum Gasteiger partial charge on any atom is -0.366 e. The molecule has 6 heteroatoms. The first-order valence-corrected chi connectivity index (χ1v) is 8.55. The summed E-state index contributed by atoms with van der Waals surface area (Å²) in [5.41, 5.74) is 2.73. The Morgan fingerprint density at radius 3 is 2.48 bits per heavy atom. The molecule has 4 heterocycles. The van der Waals surface area contributed by atoms with Gasteiger partial charge in [0, 0.05) is 54.6 Å². The Hall–Kier alpha value is -2.86. The molecule has 25 heavy (non-hydrogen) atoms. The Labute approximate surface area is 146 Å². The van der Waals surface area contributed by atoms with Crippen LogP contribution >= 0.6 is 0 Å². The average molecular weight is 332 g/mol. The van der Waals surface area contributed by atoms with Crippen molar-refractivity contribution in [2.75, 3.05) is 18.4 Å². The van der Waals surface area contributed by atoms with Gasteiger partial charge in [-0.2, -0.15) is 0 Å². The smallest absolute Gasteiger partial charge is 0.163 e. The second-order valence-electron chi connectivity index (χ2n) is 6.13. The number of nitrogens with zero attached hydrogens (tertiary/aromatic N) is 4. The Bertz CT molecular complexity index is 758. The highest BCUT2D eigenvalue weighted by Gasteiger charge is 2.15. The molecule has 6 nitrogen and oxygen atoms in total. The number of hydrogen-bond donors (Lipinski definition) is 2. The summed E-state index contributed by atoms with van der Waals surface area (Å²) < 4.78 is 0. The molecule has 0 amide bonds. The van der Waals surface area contributed by atoms with Crippen LogP contribution < -0.4 is 10.6 Å². The van der Waals surface area contributed by atoms with Gasteiger partial charge in [0.2, 0.25) is 0 Å². The summed E-state index contributed by atoms with van der Waals surface area (Å²) in [5, 5.41) is 6.97. The number of aromatic nitrogens is 4. The second kappa shape index (κ2) is 7.36. The summed E-state index contributed by atoms with van der Waals surface area (Å²) >= 11 is 0. The Kier molecular flexibility index (Phi) is 4.61. The first-order valence-electron chi connectivity index (χ1n) is 8.55. The summed E-state index contributed by atoms with van der Waals surface area (Å²) in [7, 11) is 0. The maximum Gasteiger partial charge on any atom is 0.163 e. The summed E-state index contributed by atoms with van der Waals surface area (Å²) in [4.78, 5) is 17.8. The minimum atomic E-state index is 0.382. The highest BCUT2D eigenvalue weighted by atomic mass is 15.1. The summed E-state index contributed by atoms with van der Waals surface area (Å²) in [6.07, 6.45) is 9.44. The third-order valence-electron chi connectivity index (χ3n) is 4.25. The molecule has 4 rings (SSSR count). The van der Waals surface area contributed by atoms with E-state index < -0.39 is 0 Å². The van der Waals surface area contributed by atoms with Gasteiger partial charge in [0.25, 0.3) is 0 Å². The standard InChI is InChI=1S/C19H20N6/c1-4-14(11-20-7-1)17-10-18(23-16-6-3-9-22-13-16)25-19(24-17)15-5-2-8-21-12-15/h1-2,4-5,7-8,10-12,16,22H,3,6,9,13H2,(H,23,24,25)/t16-/m0/s1. The SMILES string of the molecule is c1cncc(-c2cc(N[C@H]3CCCNC3)nc(-c3cccnc3)n2)c1. The molecule has 2 N–H and O–H groups in total. The van der Waals surface area contributed by atoms with Crippen molar-refractivity contribution in [2.24, 2.45) is 0 Å². The lowest BCUT2D eigenvalue weighted by Gasteiger charge is -2.24. The predicted molar refractivity (Wildman–Crippen MR) is 98.0 cm³/mol. The van der Waals surface area contributed by atoms with Gasteiger partial charge in [-0.25, -0.2) is 9.97 Å². The van der Waals surface area contributed by atoms with E-state index in [0.717, 1.165) is 42.1 Å². The van der Waals surface area contributed by atoms with Crippen LogP contribution in [0.1, 0.15) is 12.8 Å². The number of rotatable bonds is 4. The molecule has 126 valence electrons. The number of pyridine rings is 2. The van der Waals surface area contributed by atoms with Gasteiger partial charge in [-0.15, -0.1) is 0 Å². The van der Waals surface area contributed by atoms with Crippen LogP contribution in [0.3, 0.4) is 0 Å². The van der Waals surface area contributed by atoms with Crippen LogP contribution in [0, 0.1) is 0 Å². The first kappa shape index (κ1) is 15.7. The highest BCUT2D eigenvalue weighted by molar-refractivity contribution is 5.66. The Balaban J connectivity index is 1.72. The van der Waals surface area contributed by atoms with Crippen LogP contribution in [0.25, 0.3) is 22.6 Å². The number of anilines is 1. The molecule has 1 atom stereocenters. The van der Waals surface area contributed by atoms with Crippen LogP contribution in [0.4, 0.5) is 5.82 Å². The van der Waals surface area contributed by atoms with Gasteiger partial charge in [0.15, 0.2) is 5.82 Å². The zero-order valence-electron chi connectivity index (χ0n) is 13.9. The molecule has 3 aromatic heterocycles. The molecule has 0 unspecified atom stereocenters. The van der Waals surface area contributed by atoms with E-state index in [9.17, 15) is 0 Å². The van der Waals surface area contributed by atoms with E-state index in [1.165, 1.54) is 6.42 Å². The lowest BCUT2D eigenvalue weighted by atomic mass is 10.1. The van der Waals surface area contributed by atoms with E-state index in [0.29, 0.717) is 11.9 Å². The molecule has 0 bridgehead atoms. The van der Waals surface area contributed by atoms with Crippen molar-refractivity contribution in [1.29, 1.82) is 0 Å². The summed E-state index contributed by atoms with van der Waals surface area (Å²) in [6, 6.07) is 10.2. The topological polar surface area (TPSA) is 75.6 Å². The molecule has 3 aromatic rings. The second-order valence-corrected chi connectivity index (χ2v) is 6.13. The summed E-state index contributed by atoms with van der Waals surface area (Å²) in [6.45, 7) is 2.04. The van der Waals surface area contributed by atoms with E-state index in [-0.39, 0.29) is 0 Å². The number of hydrogen-bond acceptors (Lipinski definition) is 6. The van der Waals surface area contributed by atoms with Crippen molar-refractivity contribution in [3.8, 4) is 22.6 Å². The lowest BCUT2D eigenvalue weighted by Crippen LogP contribution is -2.38. The molecule has 0 spiro atoms. The van der Waals surface area contributed by atoms with E-state index in [2.05, 4.69) is 20.6 Å². The van der Waals surface area contributed by atoms with E-state index in [4.69, 9.17) is 9.97 Å². The molecule has 1 fully saturated rings. The monoisotopic (exact) mass is 332 g/mol. The van der Waals surface area contributed by atoms with E-state index in [1.807, 2.05) is 36.5 Å². The van der Waals surface area contributed by atoms with Crippen LogP contribution in [-0.2, 0) is 0 Å². The Morgan fingerprint density at radius 2 is 1.80 bits per heavy atom. The van der Waals surface area contributed by atoms with Crippen LogP contribution in [0.15, 0.2) is 55.1 Å². The third-order valence-corrected chi connectivity index (χ3v) is 4.25. The molecule has 1 aliphatic rings. The summed E-state index contributed by atoms with van der Waals surface area (Å²) in [5.74, 6) is 1.50. The van der Waals surface area contributed by atoms with E-state index in [1.54, 1.807) is 18.6 Å². The van der Waals surface area contributed by atoms with Crippen molar-refractivity contribution in [1.82, 2.24) is 25.3 Å². The van der Waals surface area contributed by atoms with Crippen molar-refractivity contribution in [2.45, 2.75) is 18.9 Å². The third kappa shape index (κ3) is 3.80. The van der Waals surface area contributed by atoms with Crippen molar-refractivity contribution < 1.29 is 0 Å². The molecule has 0 aromatic carbocycles. The highest BCUT2D eigenvalue weighted by Crippen LogP contribution is 2.24. The van der Waals surface area contributed by atoms with Crippen molar-refractivity contribution in [3.05, 3.63) is 55.1 Å². The molecular weight excluding hydrogens is 312 g/mol. The number of nitrogens with one attached hydrogen (secondary N) is 2. The average Bonchev–Trinajstić information content (AvgIpc) is 2.70. The molecule has 1 aliphatic heterocycles. The Morgan fingerprint density at radius 1 is 1.00 bits per heavy atom. The minimum absolute atomic E-state index is 0.382. The number of piperidine rings is 1. The molecular formula is C19H20N6. The van der Waals surface area contributed by atoms with Gasteiger partial charge in [0.05, 0.1) is 5.69 Å². The van der Waals surface area contributed by atoms with Gasteiger partial charge in [0.1, 0.15) is 5.82 Å². The van der Waals surface area contributed by atoms with Gasteiger partial charge < -0.3 is 10.6 Å². The van der Waals surface area contributed by atoms with Crippen LogP contribution in [0.5, 0.6) is 0 Å². The van der Waals surface area contributed by atoms with Gasteiger partial charge in [-0.3, -0.25) is 9.97 Å². The molecule has 0 radical (unpaired) electrons. The zero-order chi connectivity index (χ0) is 16.9. The maximum atomic E-state index is 4.72. The molecule has 0 saturated carbocycles. The van der Waals surface area contributed by atoms with E-state index >= 15 is 0 Å². The quantitative estimate of drug-likeness (QED) is 0.765. The van der Waals surface area contributed by atoms with Crippen molar-refractivity contribution in [3.63, 3.8) is 0 Å². The van der Waals surface area contributed by atoms with Crippen molar-refractivity contribution >= 4 is 5.82 Å². The molecule has 1 saturated heterocycles. The first-order chi connectivity index (χ1) is 12.4. The van der Waals surface area contributed by atoms with Crippen LogP contribution in [0.2, 0.25) is 0 Å². The zero-order valence-corrected chi connectivity index (χ0v) is 13.9. The fourth-order valence-electron chi connectivity index (χ4n) is 2.99. The maximum absolute atomic E-state index is 4.72. The van der Waals surface area contributed by atoms with Gasteiger partial charge >= 0.3 is 0 Å². The fraction of sp³-hybridized carbons (Fsp3) is 0.263. The lowest BCUT2D eigenvalue weighted by molar-refractivity contribution is 0.479. The van der Waals surface area contributed by atoms with Gasteiger partial charge in [-0.05, 0) is 43.7 Å². The molecule has 0 aliphatic carbocycles. The predicted octanol–water partition coefficient (Wildman–Crippen LogP) is 2.76. The fourth-order valence-corrected chi connectivity index (χ4v) is 2.99. The largest absolute Gasteiger partial charge is 0.366 e. The normalized spacial score (nSPS) is 17.2. The van der Waals surface area contributed by atoms with Gasteiger partial charge in [-0.1, -0.05) is 0 Å². The van der Waals surface area contributed by atoms with Crippen LogP contribution in [-0.4, -0.2) is 39.1 Å².